The van der Waals surface area contributed by atoms with Crippen molar-refractivity contribution < 1.29 is 118 Å². The molecule has 3 fully saturated rings. The number of hydrogen-bond donors (Lipinski definition) is 18. The van der Waals surface area contributed by atoms with E-state index < -0.39 is 145 Å². The molecule has 4 unspecified atom stereocenters. The first-order valence-corrected chi connectivity index (χ1v) is 40.8. The fourth-order valence-electron chi connectivity index (χ4n) is 15.0. The number of fused-ring (bicyclic) bond motifs is 2. The summed E-state index contributed by atoms with van der Waals surface area (Å²) in [7, 11) is 0. The molecule has 4 aromatic rings. The fraction of sp³-hybridized carbons (Fsp3) is 0.561. The Balaban J connectivity index is 0.888. The summed E-state index contributed by atoms with van der Waals surface area (Å²) in [6.45, 7) is 1.76. The summed E-state index contributed by atoms with van der Waals surface area (Å²) in [5, 5.41) is 106. The molecule has 0 spiro atoms. The van der Waals surface area contributed by atoms with E-state index >= 15 is 0 Å². The molecule has 0 aromatic heterocycles. The number of carboxylic acids is 8. The number of unbranched alkanes of at least 4 members (excludes halogenated alkanes) is 2. The molecular formula is C82H114N14O24. The van der Waals surface area contributed by atoms with Gasteiger partial charge >= 0.3 is 59.8 Å². The van der Waals surface area contributed by atoms with Crippen molar-refractivity contribution in [3.05, 3.63) is 96.1 Å². The van der Waals surface area contributed by atoms with Gasteiger partial charge in [0.1, 0.15) is 36.3 Å². The van der Waals surface area contributed by atoms with Crippen molar-refractivity contribution >= 4 is 117 Å². The normalized spacial score (nSPS) is 18.6. The summed E-state index contributed by atoms with van der Waals surface area (Å²) in [5.74, 6) is -13.7. The molecule has 6 atom stereocenters. The molecule has 7 rings (SSSR count). The Kier molecular flexibility index (Phi) is 39.5. The highest BCUT2D eigenvalue weighted by Crippen LogP contribution is 2.31. The molecule has 0 radical (unpaired) electrons. The van der Waals surface area contributed by atoms with Crippen molar-refractivity contribution in [2.75, 3.05) is 105 Å². The first-order valence-electron chi connectivity index (χ1n) is 40.8. The molecule has 10 amide bonds. The maximum atomic E-state index is 14.1. The molecule has 38 nitrogen and oxygen atoms in total. The van der Waals surface area contributed by atoms with Crippen LogP contribution in [-0.4, -0.2) is 297 Å². The average molecular weight is 1680 g/mol. The summed E-state index contributed by atoms with van der Waals surface area (Å²) in [5.41, 5.74) is 1.55. The Bertz CT molecular complexity index is 3930. The van der Waals surface area contributed by atoms with Gasteiger partial charge in [-0.05, 0) is 147 Å². The number of amides is 10. The summed E-state index contributed by atoms with van der Waals surface area (Å²) in [4.78, 5) is 210. The van der Waals surface area contributed by atoms with Gasteiger partial charge in [-0.15, -0.1) is 0 Å². The highest BCUT2D eigenvalue weighted by molar-refractivity contribution is 5.92. The van der Waals surface area contributed by atoms with Crippen LogP contribution in [0.15, 0.2) is 84.9 Å². The number of hydrogen-bond acceptors (Lipinski definition) is 20. The van der Waals surface area contributed by atoms with Gasteiger partial charge in [0.15, 0.2) is 0 Å². The van der Waals surface area contributed by atoms with Gasteiger partial charge in [-0.2, -0.15) is 0 Å². The molecule has 2 saturated carbocycles. The van der Waals surface area contributed by atoms with E-state index in [-0.39, 0.29) is 178 Å². The Morgan fingerprint density at radius 1 is 0.325 bits per heavy atom. The van der Waals surface area contributed by atoms with Gasteiger partial charge in [-0.1, -0.05) is 84.9 Å². The van der Waals surface area contributed by atoms with Crippen molar-refractivity contribution in [2.45, 2.75) is 165 Å². The van der Waals surface area contributed by atoms with Crippen molar-refractivity contribution in [1.82, 2.24) is 72.8 Å². The Morgan fingerprint density at radius 3 is 0.942 bits per heavy atom. The lowest BCUT2D eigenvalue weighted by Crippen LogP contribution is -2.51. The second-order valence-electron chi connectivity index (χ2n) is 31.1. The highest BCUT2D eigenvalue weighted by atomic mass is 16.4. The average Bonchev–Trinajstić information content (AvgIpc) is 0.826. The van der Waals surface area contributed by atoms with Crippen LogP contribution in [0.1, 0.15) is 127 Å². The lowest BCUT2D eigenvalue weighted by Gasteiger charge is -2.33. The van der Waals surface area contributed by atoms with Crippen molar-refractivity contribution in [3.8, 4) is 0 Å². The molecule has 656 valence electrons. The molecule has 120 heavy (non-hydrogen) atoms. The first kappa shape index (κ1) is 95.5. The van der Waals surface area contributed by atoms with Gasteiger partial charge in [-0.3, -0.25) is 67.5 Å². The monoisotopic (exact) mass is 1680 g/mol. The topological polar surface area (TPSA) is 568 Å². The van der Waals surface area contributed by atoms with E-state index in [1.807, 2.05) is 94.7 Å². The van der Waals surface area contributed by atoms with E-state index in [4.69, 9.17) is 10.2 Å². The van der Waals surface area contributed by atoms with Crippen LogP contribution in [0, 0.1) is 23.7 Å². The number of rotatable bonds is 46. The van der Waals surface area contributed by atoms with Gasteiger partial charge in [0.2, 0.25) is 35.4 Å². The summed E-state index contributed by atoms with van der Waals surface area (Å²) < 4.78 is 0. The van der Waals surface area contributed by atoms with Crippen molar-refractivity contribution in [3.63, 3.8) is 0 Å². The smallest absolute Gasteiger partial charge is 0.326 e. The van der Waals surface area contributed by atoms with Crippen LogP contribution < -0.4 is 53.2 Å². The molecule has 4 aromatic carbocycles. The quantitative estimate of drug-likeness (QED) is 0.0280. The largest absolute Gasteiger partial charge is 0.481 e. The Morgan fingerprint density at radius 2 is 0.633 bits per heavy atom. The van der Waals surface area contributed by atoms with Crippen LogP contribution in [0.2, 0.25) is 0 Å². The molecule has 38 heteroatoms. The predicted octanol–water partition coefficient (Wildman–Crippen LogP) is 1.70. The fourth-order valence-corrected chi connectivity index (χ4v) is 15.0. The van der Waals surface area contributed by atoms with E-state index in [0.29, 0.717) is 64.5 Å². The first-order chi connectivity index (χ1) is 57.3. The maximum Gasteiger partial charge on any atom is 0.326 e. The zero-order valence-electron chi connectivity index (χ0n) is 67.2. The minimum atomic E-state index is -1.58. The zero-order valence-corrected chi connectivity index (χ0v) is 67.2. The molecule has 0 bridgehead atoms. The lowest BCUT2D eigenvalue weighted by molar-refractivity contribution is -0.142. The minimum absolute atomic E-state index is 0.00363. The standard InChI is InChI=1S/C82H114N14O24/c97-67(85-45-51-15-23-57(24-16-51)73(107)87-65(43-53-19-21-55-9-1-3-11-59(55)41-53)75(109)83-31-7-5-13-61(77(111)112)89-81(119)91-63(79(115)116)27-29-69(99)100)47-93-33-34-94(36-38-96(50-72(105)106)40-39-95(37-35-93)49-71(103)104)48-68(98)86-46-52-17-25-58(26-18-52)74(108)88-66(44-54-20-22-56-10-2-4-12-60(56)42-54)76(110)84-32-8-6-14-62(78(113)114)90-82(120)92-64(80(117)118)28-30-70(101)102/h1-4,9-12,19-22,41-42,51-52,57-58,61-66H,5-8,13-18,23-40,43-50H2,(H,83,109)(H,84,110)(H,85,97)(H,86,98)(H,87,107)(H,88,108)(H,99,100)(H,101,102)(H,103,104)(H,105,106)(H,111,112)(H,113,114)(H,115,116)(H,117,118)(H2,89,91,119)(H2,90,92,120)/t51?,52?,57?,58?,61?,62?,63?,64?,65-,66-/m0/s1. The zero-order chi connectivity index (χ0) is 87.2. The van der Waals surface area contributed by atoms with Crippen molar-refractivity contribution in [2.24, 2.45) is 23.7 Å². The van der Waals surface area contributed by atoms with E-state index in [0.717, 1.165) is 32.7 Å². The van der Waals surface area contributed by atoms with Crippen LogP contribution in [0.25, 0.3) is 21.5 Å². The third-order valence-electron chi connectivity index (χ3n) is 21.9. The number of carbonyl (C=O) groups is 16. The van der Waals surface area contributed by atoms with E-state index in [1.165, 1.54) is 0 Å². The van der Waals surface area contributed by atoms with Crippen LogP contribution >= 0.6 is 0 Å². The van der Waals surface area contributed by atoms with Crippen LogP contribution in [0.3, 0.4) is 0 Å². The summed E-state index contributed by atoms with van der Waals surface area (Å²) in [6, 6.07) is 16.5. The third kappa shape index (κ3) is 34.7. The van der Waals surface area contributed by atoms with Gasteiger partial charge in [-0.25, -0.2) is 28.8 Å². The van der Waals surface area contributed by atoms with Crippen molar-refractivity contribution in [1.29, 1.82) is 0 Å². The SMILES string of the molecule is O=C(O)CCC(NC(=O)NC(CCCCNC(=O)[C@H](Cc1ccc2ccccc2c1)NC(=O)C1CCC(CNC(=O)CN2CCN(CC(=O)O)CCN(CC(=O)O)CCN(CC(=O)NCC3CCC(C(=O)N[C@@H](Cc4ccc5ccccc5c4)C(=O)NCCCCC(NC(=O)NC(CCC(=O)O)C(=O)O)C(=O)O)CC3)CC2)CC1)C(=O)O)C(=O)O. The second kappa shape index (κ2) is 49.7. The van der Waals surface area contributed by atoms with E-state index in [9.17, 15) is 107 Å². The molecule has 1 aliphatic heterocycles. The van der Waals surface area contributed by atoms with Crippen LogP contribution in [-0.2, 0) is 80.0 Å². The number of aliphatic carboxylic acids is 8. The maximum absolute atomic E-state index is 14.1. The molecule has 18 N–H and O–H groups in total. The minimum Gasteiger partial charge on any atom is -0.481 e. The van der Waals surface area contributed by atoms with E-state index in [1.54, 1.807) is 9.80 Å². The van der Waals surface area contributed by atoms with Crippen LogP contribution in [0.4, 0.5) is 9.59 Å². The number of benzene rings is 4. The highest BCUT2D eigenvalue weighted by Gasteiger charge is 2.35. The van der Waals surface area contributed by atoms with E-state index in [2.05, 4.69) is 53.2 Å². The molecular weight excluding hydrogens is 1560 g/mol. The third-order valence-corrected chi connectivity index (χ3v) is 21.9. The van der Waals surface area contributed by atoms with Gasteiger partial charge in [0, 0.05) is 116 Å². The summed E-state index contributed by atoms with van der Waals surface area (Å²) >= 11 is 0. The van der Waals surface area contributed by atoms with Gasteiger partial charge in [0.05, 0.1) is 26.2 Å². The van der Waals surface area contributed by atoms with Crippen LogP contribution in [0.5, 0.6) is 0 Å². The van der Waals surface area contributed by atoms with Gasteiger partial charge in [0.25, 0.3) is 0 Å². The predicted molar refractivity (Wildman–Crippen MR) is 434 cm³/mol. The molecule has 3 aliphatic rings. The number of carboxylic acid groups (broad SMARTS) is 8. The number of carbonyl (C=O) groups excluding carboxylic acids is 8. The molecule has 2 aliphatic carbocycles. The number of nitrogens with zero attached hydrogens (tertiary/aromatic N) is 4. The lowest BCUT2D eigenvalue weighted by atomic mass is 9.81. The molecule has 1 saturated heterocycles. The number of nitrogens with one attached hydrogen (secondary N) is 10. The Labute approximate surface area is 693 Å². The van der Waals surface area contributed by atoms with Gasteiger partial charge < -0.3 is 94.0 Å². The number of urea groups is 2. The summed E-state index contributed by atoms with van der Waals surface area (Å²) in [6.07, 6.45) is 3.10. The Hall–Kier alpha value is -11.6. The second-order valence-corrected chi connectivity index (χ2v) is 31.1. The molecule has 1 heterocycles.